The molecule has 1 aromatic carbocycles. The highest BCUT2D eigenvalue weighted by molar-refractivity contribution is 5.82. The maximum absolute atomic E-state index is 12.7. The van der Waals surface area contributed by atoms with Gasteiger partial charge in [-0.1, -0.05) is 44.2 Å². The van der Waals surface area contributed by atoms with Crippen molar-refractivity contribution in [1.29, 1.82) is 0 Å². The highest BCUT2D eigenvalue weighted by Gasteiger charge is 2.25. The second-order valence-electron chi connectivity index (χ2n) is 6.61. The number of rotatable bonds is 7. The maximum Gasteiger partial charge on any atom is 0.243 e. The minimum absolute atomic E-state index is 0.0140. The van der Waals surface area contributed by atoms with Gasteiger partial charge in [0, 0.05) is 27.7 Å². The minimum atomic E-state index is -0.416. The summed E-state index contributed by atoms with van der Waals surface area (Å²) < 4.78 is 7.27. The van der Waals surface area contributed by atoms with E-state index in [4.69, 9.17) is 4.74 Å². The molecule has 136 valence electrons. The summed E-state index contributed by atoms with van der Waals surface area (Å²) in [5.41, 5.74) is 2.92. The number of carbonyl (C=O) groups is 1. The molecule has 25 heavy (non-hydrogen) atoms. The molecule has 2 aromatic rings. The average molecular weight is 344 g/mol. The molecule has 1 atom stereocenters. The van der Waals surface area contributed by atoms with E-state index in [0.29, 0.717) is 6.54 Å². The van der Waals surface area contributed by atoms with E-state index in [1.54, 1.807) is 30.8 Å². The number of methoxy groups -OCH3 is 1. The van der Waals surface area contributed by atoms with E-state index in [0.717, 1.165) is 22.7 Å². The van der Waals surface area contributed by atoms with Crippen molar-refractivity contribution in [3.8, 4) is 5.88 Å². The topological polar surface area (TPSA) is 59.4 Å². The third-order valence-corrected chi connectivity index (χ3v) is 4.16. The first kappa shape index (κ1) is 19.0. The van der Waals surface area contributed by atoms with E-state index < -0.39 is 6.04 Å². The fourth-order valence-electron chi connectivity index (χ4n) is 2.91. The number of likely N-dealkylation sites (N-methyl/N-ethyl adjacent to an activating group) is 1. The Kier molecular flexibility index (Phi) is 6.20. The van der Waals surface area contributed by atoms with E-state index in [-0.39, 0.29) is 11.8 Å². The van der Waals surface area contributed by atoms with E-state index in [1.165, 1.54) is 0 Å². The molecule has 2 rings (SSSR count). The molecule has 6 heteroatoms. The number of ether oxygens (including phenoxy) is 1. The number of aromatic nitrogens is 2. The van der Waals surface area contributed by atoms with Crippen LogP contribution in [0.1, 0.15) is 42.6 Å². The van der Waals surface area contributed by atoms with Gasteiger partial charge in [0.1, 0.15) is 6.04 Å². The quantitative estimate of drug-likeness (QED) is 0.838. The zero-order chi connectivity index (χ0) is 18.6. The van der Waals surface area contributed by atoms with E-state index >= 15 is 0 Å². The minimum Gasteiger partial charge on any atom is -0.481 e. The Morgan fingerprint density at radius 2 is 1.92 bits per heavy atom. The van der Waals surface area contributed by atoms with Crippen LogP contribution in [0.2, 0.25) is 0 Å². The van der Waals surface area contributed by atoms with Gasteiger partial charge in [0.15, 0.2) is 0 Å². The van der Waals surface area contributed by atoms with Gasteiger partial charge in [0.05, 0.1) is 18.4 Å². The summed E-state index contributed by atoms with van der Waals surface area (Å²) in [5, 5.41) is 7.96. The van der Waals surface area contributed by atoms with Crippen molar-refractivity contribution >= 4 is 5.91 Å². The third-order valence-electron chi connectivity index (χ3n) is 4.16. The molecule has 1 amide bonds. The Hall–Kier alpha value is -2.34. The molecule has 0 saturated heterocycles. The summed E-state index contributed by atoms with van der Waals surface area (Å²) in [6.07, 6.45) is 0. The van der Waals surface area contributed by atoms with Crippen LogP contribution in [0, 0.1) is 0 Å². The molecule has 1 heterocycles. The summed E-state index contributed by atoms with van der Waals surface area (Å²) in [5.74, 6) is 1.01. The first-order valence-corrected chi connectivity index (χ1v) is 8.46. The van der Waals surface area contributed by atoms with Crippen molar-refractivity contribution < 1.29 is 9.53 Å². The molecule has 6 nitrogen and oxygen atoms in total. The Morgan fingerprint density at radius 3 is 2.44 bits per heavy atom. The number of nitrogens with zero attached hydrogens (tertiary/aromatic N) is 3. The lowest BCUT2D eigenvalue weighted by Gasteiger charge is -2.22. The van der Waals surface area contributed by atoms with Gasteiger partial charge >= 0.3 is 0 Å². The standard InChI is InChI=1S/C19H28N4O2/c1-13(2)16-15(19(25-6)23(5)21-16)12-20-17(18(24)22(3)4)14-10-8-7-9-11-14/h7-11,13,17,20H,12H2,1-6H3. The van der Waals surface area contributed by atoms with Crippen LogP contribution in [0.5, 0.6) is 5.88 Å². The van der Waals surface area contributed by atoms with Crippen molar-refractivity contribution in [2.45, 2.75) is 32.4 Å². The molecule has 0 aliphatic heterocycles. The first-order valence-electron chi connectivity index (χ1n) is 8.46. The summed E-state index contributed by atoms with van der Waals surface area (Å²) in [4.78, 5) is 14.3. The number of carbonyl (C=O) groups excluding carboxylic acids is 1. The van der Waals surface area contributed by atoms with Gasteiger partial charge in [-0.15, -0.1) is 0 Å². The van der Waals surface area contributed by atoms with Gasteiger partial charge in [-0.2, -0.15) is 5.10 Å². The second kappa shape index (κ2) is 8.16. The molecule has 0 radical (unpaired) electrons. The lowest BCUT2D eigenvalue weighted by molar-refractivity contribution is -0.131. The normalized spacial score (nSPS) is 12.3. The molecule has 0 fully saturated rings. The molecule has 1 N–H and O–H groups in total. The van der Waals surface area contributed by atoms with Crippen molar-refractivity contribution in [3.05, 3.63) is 47.2 Å². The fourth-order valence-corrected chi connectivity index (χ4v) is 2.91. The molecule has 1 unspecified atom stereocenters. The zero-order valence-electron chi connectivity index (χ0n) is 15.9. The molecule has 0 aliphatic carbocycles. The zero-order valence-corrected chi connectivity index (χ0v) is 15.9. The van der Waals surface area contributed by atoms with Gasteiger partial charge < -0.3 is 9.64 Å². The average Bonchev–Trinajstić information content (AvgIpc) is 2.91. The Labute approximate surface area is 149 Å². The first-order chi connectivity index (χ1) is 11.9. The number of amides is 1. The monoisotopic (exact) mass is 344 g/mol. The third kappa shape index (κ3) is 4.20. The summed E-state index contributed by atoms with van der Waals surface area (Å²) in [7, 11) is 7.05. The Morgan fingerprint density at radius 1 is 1.28 bits per heavy atom. The largest absolute Gasteiger partial charge is 0.481 e. The molecular formula is C19H28N4O2. The van der Waals surface area contributed by atoms with Crippen LogP contribution >= 0.6 is 0 Å². The predicted octanol–water partition coefficient (Wildman–Crippen LogP) is 2.47. The summed E-state index contributed by atoms with van der Waals surface area (Å²) in [6.45, 7) is 4.71. The van der Waals surface area contributed by atoms with E-state index in [9.17, 15) is 4.79 Å². The summed E-state index contributed by atoms with van der Waals surface area (Å²) in [6, 6.07) is 9.34. The number of benzene rings is 1. The molecule has 1 aromatic heterocycles. The van der Waals surface area contributed by atoms with Crippen LogP contribution in [0.4, 0.5) is 0 Å². The van der Waals surface area contributed by atoms with Crippen LogP contribution < -0.4 is 10.1 Å². The lowest BCUT2D eigenvalue weighted by Crippen LogP contribution is -2.36. The number of hydrogen-bond donors (Lipinski definition) is 1. The highest BCUT2D eigenvalue weighted by Crippen LogP contribution is 2.28. The van der Waals surface area contributed by atoms with Crippen molar-refractivity contribution in [2.75, 3.05) is 21.2 Å². The van der Waals surface area contributed by atoms with E-state index in [1.807, 2.05) is 37.4 Å². The van der Waals surface area contributed by atoms with Crippen LogP contribution in [-0.4, -0.2) is 41.8 Å². The summed E-state index contributed by atoms with van der Waals surface area (Å²) >= 11 is 0. The number of hydrogen-bond acceptors (Lipinski definition) is 4. The maximum atomic E-state index is 12.7. The van der Waals surface area contributed by atoms with Gasteiger partial charge in [0.25, 0.3) is 0 Å². The van der Waals surface area contributed by atoms with Gasteiger partial charge in [0.2, 0.25) is 11.8 Å². The smallest absolute Gasteiger partial charge is 0.243 e. The van der Waals surface area contributed by atoms with Gasteiger partial charge in [-0.25, -0.2) is 4.68 Å². The molecule has 0 aliphatic rings. The number of nitrogens with one attached hydrogen (secondary N) is 1. The molecular weight excluding hydrogens is 316 g/mol. The van der Waals surface area contributed by atoms with Crippen molar-refractivity contribution in [1.82, 2.24) is 20.0 Å². The van der Waals surface area contributed by atoms with Crippen LogP contribution in [0.25, 0.3) is 0 Å². The Balaban J connectivity index is 2.31. The number of aryl methyl sites for hydroxylation is 1. The van der Waals surface area contributed by atoms with Crippen LogP contribution in [0.3, 0.4) is 0 Å². The van der Waals surface area contributed by atoms with Crippen LogP contribution in [-0.2, 0) is 18.4 Å². The molecule has 0 bridgehead atoms. The molecule has 0 saturated carbocycles. The predicted molar refractivity (Wildman–Crippen MR) is 98.6 cm³/mol. The highest BCUT2D eigenvalue weighted by atomic mass is 16.5. The fraction of sp³-hybridized carbons (Fsp3) is 0.474. The molecule has 0 spiro atoms. The second-order valence-corrected chi connectivity index (χ2v) is 6.61. The van der Waals surface area contributed by atoms with Gasteiger partial charge in [-0.3, -0.25) is 10.1 Å². The lowest BCUT2D eigenvalue weighted by atomic mass is 10.0. The van der Waals surface area contributed by atoms with E-state index in [2.05, 4.69) is 24.3 Å². The van der Waals surface area contributed by atoms with Crippen molar-refractivity contribution in [2.24, 2.45) is 7.05 Å². The van der Waals surface area contributed by atoms with Crippen LogP contribution in [0.15, 0.2) is 30.3 Å². The Bertz CT molecular complexity index is 708. The van der Waals surface area contributed by atoms with Gasteiger partial charge in [-0.05, 0) is 11.5 Å². The SMILES string of the molecule is COc1c(CNC(C(=O)N(C)C)c2ccccc2)c(C(C)C)nn1C. The van der Waals surface area contributed by atoms with Crippen molar-refractivity contribution in [3.63, 3.8) is 0 Å².